The summed E-state index contributed by atoms with van der Waals surface area (Å²) in [6, 6.07) is 0.414. The summed E-state index contributed by atoms with van der Waals surface area (Å²) in [5.41, 5.74) is 0. The van der Waals surface area contributed by atoms with Crippen LogP contribution in [-0.4, -0.2) is 40.2 Å². The number of unbranched alkanes of at least 4 members (excludes halogenated alkanes) is 1. The molecule has 1 aliphatic rings. The molecule has 118 valence electrons. The lowest BCUT2D eigenvalue weighted by atomic mass is 10.2. The van der Waals surface area contributed by atoms with Gasteiger partial charge in [-0.1, -0.05) is 13.3 Å². The molecule has 1 fully saturated rings. The van der Waals surface area contributed by atoms with Gasteiger partial charge in [0.1, 0.15) is 0 Å². The number of anilines is 1. The summed E-state index contributed by atoms with van der Waals surface area (Å²) in [6.07, 6.45) is 4.40. The van der Waals surface area contributed by atoms with E-state index >= 15 is 0 Å². The molecule has 0 radical (unpaired) electrons. The number of imidazole rings is 1. The summed E-state index contributed by atoms with van der Waals surface area (Å²) >= 11 is 0. The minimum absolute atomic E-state index is 0.0240. The van der Waals surface area contributed by atoms with Gasteiger partial charge in [-0.15, -0.1) is 0 Å². The molecule has 0 aliphatic carbocycles. The zero-order chi connectivity index (χ0) is 15.4. The van der Waals surface area contributed by atoms with Crippen molar-refractivity contribution in [3.8, 4) is 0 Å². The Morgan fingerprint density at radius 2 is 2.33 bits per heavy atom. The fraction of sp³-hybridized carbons (Fsp3) is 0.786. The number of hydrogen-bond acceptors (Lipinski definition) is 5. The SMILES string of the molecule is CCCCN(CC1CCCN1)c1c([N+](=O)[O-])nc(C)n1C. The average molecular weight is 295 g/mol. The van der Waals surface area contributed by atoms with E-state index in [0.29, 0.717) is 17.7 Å². The summed E-state index contributed by atoms with van der Waals surface area (Å²) in [7, 11) is 1.85. The first-order chi connectivity index (χ1) is 10.0. The van der Waals surface area contributed by atoms with Gasteiger partial charge in [-0.3, -0.25) is 4.57 Å². The minimum atomic E-state index is -0.372. The van der Waals surface area contributed by atoms with Gasteiger partial charge in [-0.05, 0) is 35.7 Å². The number of aryl methyl sites for hydroxylation is 1. The van der Waals surface area contributed by atoms with Gasteiger partial charge < -0.3 is 20.3 Å². The Morgan fingerprint density at radius 3 is 2.90 bits per heavy atom. The van der Waals surface area contributed by atoms with Gasteiger partial charge in [0.2, 0.25) is 11.6 Å². The Balaban J connectivity index is 2.28. The van der Waals surface area contributed by atoms with Crippen LogP contribution in [0.4, 0.5) is 11.6 Å². The largest absolute Gasteiger partial charge is 0.406 e. The average Bonchev–Trinajstić information content (AvgIpc) is 3.04. The fourth-order valence-corrected chi connectivity index (χ4v) is 2.87. The van der Waals surface area contributed by atoms with Crippen LogP contribution >= 0.6 is 0 Å². The fourth-order valence-electron chi connectivity index (χ4n) is 2.87. The first kappa shape index (κ1) is 15.8. The van der Waals surface area contributed by atoms with Crippen molar-refractivity contribution in [2.75, 3.05) is 24.5 Å². The Hall–Kier alpha value is -1.63. The molecule has 0 aromatic carbocycles. The first-order valence-corrected chi connectivity index (χ1v) is 7.70. The molecule has 0 amide bonds. The Morgan fingerprint density at radius 1 is 1.57 bits per heavy atom. The topological polar surface area (TPSA) is 76.2 Å². The zero-order valence-corrected chi connectivity index (χ0v) is 13.1. The van der Waals surface area contributed by atoms with E-state index < -0.39 is 0 Å². The lowest BCUT2D eigenvalue weighted by Gasteiger charge is -2.27. The molecule has 0 spiro atoms. The highest BCUT2D eigenvalue weighted by Crippen LogP contribution is 2.29. The number of nitro groups is 1. The number of nitrogens with zero attached hydrogens (tertiary/aromatic N) is 4. The van der Waals surface area contributed by atoms with Crippen molar-refractivity contribution in [2.24, 2.45) is 7.05 Å². The molecule has 0 saturated carbocycles. The smallest absolute Gasteiger partial charge is 0.358 e. The zero-order valence-electron chi connectivity index (χ0n) is 13.1. The van der Waals surface area contributed by atoms with Gasteiger partial charge in [-0.2, -0.15) is 0 Å². The van der Waals surface area contributed by atoms with Crippen LogP contribution in [0.2, 0.25) is 0 Å². The summed E-state index contributed by atoms with van der Waals surface area (Å²) in [5, 5.41) is 14.8. The van der Waals surface area contributed by atoms with Crippen molar-refractivity contribution in [1.82, 2.24) is 14.9 Å². The van der Waals surface area contributed by atoms with E-state index in [2.05, 4.69) is 22.1 Å². The van der Waals surface area contributed by atoms with E-state index in [4.69, 9.17) is 0 Å². The molecule has 0 bridgehead atoms. The van der Waals surface area contributed by atoms with Crippen LogP contribution in [0.15, 0.2) is 0 Å². The molecule has 1 saturated heterocycles. The lowest BCUT2D eigenvalue weighted by molar-refractivity contribution is -0.388. The third-order valence-electron chi connectivity index (χ3n) is 4.13. The van der Waals surface area contributed by atoms with Crippen LogP contribution in [-0.2, 0) is 7.05 Å². The first-order valence-electron chi connectivity index (χ1n) is 7.70. The second-order valence-corrected chi connectivity index (χ2v) is 5.72. The molecule has 1 aromatic rings. The standard InChI is InChI=1S/C14H25N5O2/c1-4-5-9-18(10-12-7-6-8-15-12)14-13(19(20)21)16-11(2)17(14)3/h12,15H,4-10H2,1-3H3. The normalized spacial score (nSPS) is 18.1. The summed E-state index contributed by atoms with van der Waals surface area (Å²) in [6.45, 7) is 6.62. The molecular weight excluding hydrogens is 270 g/mol. The maximum atomic E-state index is 11.3. The molecule has 1 aliphatic heterocycles. The van der Waals surface area contributed by atoms with E-state index in [9.17, 15) is 10.1 Å². The quantitative estimate of drug-likeness (QED) is 0.615. The van der Waals surface area contributed by atoms with Crippen molar-refractivity contribution in [3.63, 3.8) is 0 Å². The molecule has 7 nitrogen and oxygen atoms in total. The Kier molecular flexibility index (Phi) is 5.17. The highest BCUT2D eigenvalue weighted by atomic mass is 16.6. The van der Waals surface area contributed by atoms with Gasteiger partial charge >= 0.3 is 5.82 Å². The second kappa shape index (κ2) is 6.89. The maximum absolute atomic E-state index is 11.3. The third kappa shape index (κ3) is 3.53. The highest BCUT2D eigenvalue weighted by molar-refractivity contribution is 5.56. The molecule has 2 heterocycles. The summed E-state index contributed by atoms with van der Waals surface area (Å²) < 4.78 is 1.84. The van der Waals surface area contributed by atoms with Crippen LogP contribution < -0.4 is 10.2 Å². The van der Waals surface area contributed by atoms with Crippen molar-refractivity contribution < 1.29 is 4.92 Å². The highest BCUT2D eigenvalue weighted by Gasteiger charge is 2.29. The predicted octanol–water partition coefficient (Wildman–Crippen LogP) is 2.00. The van der Waals surface area contributed by atoms with E-state index in [1.54, 1.807) is 0 Å². The van der Waals surface area contributed by atoms with Gasteiger partial charge in [0.05, 0.1) is 0 Å². The van der Waals surface area contributed by atoms with E-state index in [-0.39, 0.29) is 10.7 Å². The second-order valence-electron chi connectivity index (χ2n) is 5.72. The van der Waals surface area contributed by atoms with Crippen LogP contribution in [0.5, 0.6) is 0 Å². The molecule has 2 rings (SSSR count). The molecule has 7 heteroatoms. The summed E-state index contributed by atoms with van der Waals surface area (Å²) in [5.74, 6) is 1.29. The number of aromatic nitrogens is 2. The molecule has 1 atom stereocenters. The van der Waals surface area contributed by atoms with Crippen LogP contribution in [0.3, 0.4) is 0 Å². The van der Waals surface area contributed by atoms with E-state index in [0.717, 1.165) is 38.9 Å². The predicted molar refractivity (Wildman–Crippen MR) is 82.7 cm³/mol. The minimum Gasteiger partial charge on any atom is -0.358 e. The Bertz CT molecular complexity index is 494. The van der Waals surface area contributed by atoms with Crippen molar-refractivity contribution >= 4 is 11.6 Å². The number of hydrogen-bond donors (Lipinski definition) is 1. The molecule has 21 heavy (non-hydrogen) atoms. The van der Waals surface area contributed by atoms with Crippen molar-refractivity contribution in [3.05, 3.63) is 15.9 Å². The molecule has 1 N–H and O–H groups in total. The van der Waals surface area contributed by atoms with Crippen molar-refractivity contribution in [2.45, 2.75) is 45.6 Å². The summed E-state index contributed by atoms with van der Waals surface area (Å²) in [4.78, 5) is 17.2. The Labute approximate surface area is 125 Å². The van der Waals surface area contributed by atoms with Gasteiger partial charge in [-0.25, -0.2) is 0 Å². The van der Waals surface area contributed by atoms with Gasteiger partial charge in [0.15, 0.2) is 0 Å². The van der Waals surface area contributed by atoms with E-state index in [1.807, 2.05) is 18.5 Å². The molecule has 1 aromatic heterocycles. The van der Waals surface area contributed by atoms with Crippen LogP contribution in [0.1, 0.15) is 38.4 Å². The van der Waals surface area contributed by atoms with Crippen LogP contribution in [0, 0.1) is 17.0 Å². The monoisotopic (exact) mass is 295 g/mol. The van der Waals surface area contributed by atoms with E-state index in [1.165, 1.54) is 6.42 Å². The van der Waals surface area contributed by atoms with Crippen molar-refractivity contribution in [1.29, 1.82) is 0 Å². The van der Waals surface area contributed by atoms with Crippen LogP contribution in [0.25, 0.3) is 0 Å². The van der Waals surface area contributed by atoms with Gasteiger partial charge in [0.25, 0.3) is 0 Å². The molecule has 1 unspecified atom stereocenters. The number of nitrogens with one attached hydrogen (secondary N) is 1. The lowest BCUT2D eigenvalue weighted by Crippen LogP contribution is -2.39. The van der Waals surface area contributed by atoms with Gasteiger partial charge in [0, 0.05) is 33.1 Å². The number of rotatable bonds is 7. The third-order valence-corrected chi connectivity index (χ3v) is 4.13. The maximum Gasteiger partial charge on any atom is 0.406 e. The molecular formula is C14H25N5O2.